The molecular formula is C20H30NO3+. The number of carbonyl (C=O) groups is 1. The summed E-state index contributed by atoms with van der Waals surface area (Å²) in [6, 6.07) is 9.38. The minimum Gasteiger partial charge on any atom is -0.454 e. The van der Waals surface area contributed by atoms with Crippen LogP contribution >= 0.6 is 0 Å². The number of hydrogen-bond acceptors (Lipinski definition) is 3. The fraction of sp³-hybridized carbons (Fsp3) is 0.650. The van der Waals surface area contributed by atoms with Gasteiger partial charge in [-0.2, -0.15) is 0 Å². The van der Waals surface area contributed by atoms with Gasteiger partial charge in [-0.05, 0) is 18.4 Å². The van der Waals surface area contributed by atoms with Crippen LogP contribution in [0, 0.1) is 5.92 Å². The van der Waals surface area contributed by atoms with Crippen LogP contribution in [0.2, 0.25) is 0 Å². The third-order valence-electron chi connectivity index (χ3n) is 5.75. The van der Waals surface area contributed by atoms with E-state index in [9.17, 15) is 9.90 Å². The van der Waals surface area contributed by atoms with Gasteiger partial charge >= 0.3 is 5.97 Å². The molecule has 1 saturated carbocycles. The van der Waals surface area contributed by atoms with Gasteiger partial charge in [-0.15, -0.1) is 0 Å². The number of nitrogens with zero attached hydrogens (tertiary/aromatic N) is 1. The first-order valence-electron chi connectivity index (χ1n) is 9.23. The molecule has 2 atom stereocenters. The highest BCUT2D eigenvalue weighted by Crippen LogP contribution is 2.40. The zero-order valence-corrected chi connectivity index (χ0v) is 14.9. The second-order valence-electron chi connectivity index (χ2n) is 8.13. The molecule has 0 amide bonds. The van der Waals surface area contributed by atoms with Gasteiger partial charge in [0.1, 0.15) is 6.54 Å². The van der Waals surface area contributed by atoms with E-state index >= 15 is 0 Å². The normalized spacial score (nSPS) is 26.7. The number of benzene rings is 1. The van der Waals surface area contributed by atoms with Gasteiger partial charge in [-0.25, -0.2) is 4.79 Å². The number of ether oxygens (including phenoxy) is 1. The van der Waals surface area contributed by atoms with E-state index in [2.05, 4.69) is 14.1 Å². The monoisotopic (exact) mass is 332 g/mol. The molecule has 1 unspecified atom stereocenters. The molecule has 1 aromatic carbocycles. The molecule has 1 aromatic rings. The Morgan fingerprint density at radius 2 is 1.79 bits per heavy atom. The maximum absolute atomic E-state index is 13.1. The Hall–Kier alpha value is -1.39. The van der Waals surface area contributed by atoms with Crippen LogP contribution in [0.4, 0.5) is 0 Å². The summed E-state index contributed by atoms with van der Waals surface area (Å²) >= 11 is 0. The van der Waals surface area contributed by atoms with E-state index < -0.39 is 11.6 Å². The number of rotatable bonds is 4. The molecule has 1 N–H and O–H groups in total. The van der Waals surface area contributed by atoms with Crippen molar-refractivity contribution in [2.75, 3.05) is 27.2 Å². The molecule has 1 aliphatic carbocycles. The van der Waals surface area contributed by atoms with Gasteiger partial charge < -0.3 is 14.3 Å². The Labute approximate surface area is 145 Å². The molecule has 0 radical (unpaired) electrons. The molecular weight excluding hydrogens is 302 g/mol. The topological polar surface area (TPSA) is 46.5 Å². The van der Waals surface area contributed by atoms with Crippen molar-refractivity contribution in [1.29, 1.82) is 0 Å². The molecule has 1 heterocycles. The minimum atomic E-state index is -1.51. The highest BCUT2D eigenvalue weighted by molar-refractivity contribution is 5.81. The maximum Gasteiger partial charge on any atom is 0.343 e. The fourth-order valence-corrected chi connectivity index (χ4v) is 4.30. The van der Waals surface area contributed by atoms with E-state index in [1.807, 2.05) is 30.3 Å². The van der Waals surface area contributed by atoms with Crippen molar-refractivity contribution >= 4 is 5.97 Å². The number of esters is 1. The molecule has 0 aromatic heterocycles. The van der Waals surface area contributed by atoms with E-state index in [-0.39, 0.29) is 12.0 Å². The Bertz CT molecular complexity index is 566. The SMILES string of the molecule is C[N+]1(C)CC[C@H](OC(=O)C(O)(c2ccccc2)C2CCCCC2)C1. The summed E-state index contributed by atoms with van der Waals surface area (Å²) in [5.74, 6) is -0.502. The molecule has 2 fully saturated rings. The quantitative estimate of drug-likeness (QED) is 0.681. The summed E-state index contributed by atoms with van der Waals surface area (Å²) in [7, 11) is 4.30. The van der Waals surface area contributed by atoms with Gasteiger partial charge in [0.15, 0.2) is 11.7 Å². The van der Waals surface area contributed by atoms with Crippen molar-refractivity contribution in [2.45, 2.75) is 50.2 Å². The van der Waals surface area contributed by atoms with E-state index in [0.717, 1.165) is 49.7 Å². The van der Waals surface area contributed by atoms with E-state index in [4.69, 9.17) is 4.74 Å². The molecule has 0 bridgehead atoms. The van der Waals surface area contributed by atoms with Gasteiger partial charge in [0.2, 0.25) is 0 Å². The summed E-state index contributed by atoms with van der Waals surface area (Å²) in [5.41, 5.74) is -0.838. The molecule has 1 saturated heterocycles. The van der Waals surface area contributed by atoms with Crippen molar-refractivity contribution < 1.29 is 19.1 Å². The van der Waals surface area contributed by atoms with Crippen LogP contribution in [0.1, 0.15) is 44.1 Å². The maximum atomic E-state index is 13.1. The number of quaternary nitrogens is 1. The second-order valence-corrected chi connectivity index (χ2v) is 8.13. The summed E-state index contributed by atoms with van der Waals surface area (Å²) < 4.78 is 6.68. The molecule has 4 nitrogen and oxygen atoms in total. The van der Waals surface area contributed by atoms with Crippen molar-refractivity contribution in [1.82, 2.24) is 0 Å². The number of carbonyl (C=O) groups excluding carboxylic acids is 1. The predicted molar refractivity (Wildman–Crippen MR) is 93.3 cm³/mol. The van der Waals surface area contributed by atoms with Crippen molar-refractivity contribution in [3.63, 3.8) is 0 Å². The molecule has 3 rings (SSSR count). The first kappa shape index (κ1) is 17.4. The first-order chi connectivity index (χ1) is 11.4. The summed E-state index contributed by atoms with van der Waals surface area (Å²) in [4.78, 5) is 13.1. The minimum absolute atomic E-state index is 0.0509. The van der Waals surface area contributed by atoms with Crippen LogP contribution in [-0.4, -0.2) is 48.8 Å². The zero-order valence-electron chi connectivity index (χ0n) is 14.9. The number of aliphatic hydroxyl groups is 1. The van der Waals surface area contributed by atoms with E-state index in [1.54, 1.807) is 0 Å². The molecule has 2 aliphatic rings. The van der Waals surface area contributed by atoms with Gasteiger partial charge in [-0.1, -0.05) is 49.6 Å². The Morgan fingerprint density at radius 1 is 1.12 bits per heavy atom. The summed E-state index contributed by atoms with van der Waals surface area (Å²) in [6.45, 7) is 1.83. The van der Waals surface area contributed by atoms with Crippen LogP contribution in [0.15, 0.2) is 30.3 Å². The van der Waals surface area contributed by atoms with E-state index in [1.165, 1.54) is 6.42 Å². The molecule has 4 heteroatoms. The van der Waals surface area contributed by atoms with Crippen LogP contribution in [0.25, 0.3) is 0 Å². The van der Waals surface area contributed by atoms with Crippen LogP contribution in [-0.2, 0) is 15.1 Å². The number of hydrogen-bond donors (Lipinski definition) is 1. The highest BCUT2D eigenvalue weighted by atomic mass is 16.6. The number of likely N-dealkylation sites (tertiary alicyclic amines) is 1. The number of likely N-dealkylation sites (N-methyl/N-ethyl adjacent to an activating group) is 1. The smallest absolute Gasteiger partial charge is 0.343 e. The van der Waals surface area contributed by atoms with Crippen molar-refractivity contribution in [2.24, 2.45) is 5.92 Å². The van der Waals surface area contributed by atoms with Gasteiger partial charge in [0.05, 0.1) is 20.6 Å². The van der Waals surface area contributed by atoms with Gasteiger partial charge in [0, 0.05) is 12.3 Å². The molecule has 0 spiro atoms. The Kier molecular flexibility index (Phi) is 4.97. The van der Waals surface area contributed by atoms with Crippen LogP contribution < -0.4 is 0 Å². The van der Waals surface area contributed by atoms with Crippen LogP contribution in [0.3, 0.4) is 0 Å². The third kappa shape index (κ3) is 3.50. The Balaban J connectivity index is 1.83. The lowest BCUT2D eigenvalue weighted by molar-refractivity contribution is -0.879. The molecule has 132 valence electrons. The molecule has 1 aliphatic heterocycles. The van der Waals surface area contributed by atoms with Crippen LogP contribution in [0.5, 0.6) is 0 Å². The lowest BCUT2D eigenvalue weighted by Gasteiger charge is -2.37. The highest BCUT2D eigenvalue weighted by Gasteiger charge is 2.48. The summed E-state index contributed by atoms with van der Waals surface area (Å²) in [5, 5.41) is 11.5. The lowest BCUT2D eigenvalue weighted by Crippen LogP contribution is -2.47. The Morgan fingerprint density at radius 3 is 2.38 bits per heavy atom. The average molecular weight is 332 g/mol. The van der Waals surface area contributed by atoms with Gasteiger partial charge in [0.25, 0.3) is 0 Å². The summed E-state index contributed by atoms with van der Waals surface area (Å²) in [6.07, 6.45) is 5.87. The van der Waals surface area contributed by atoms with Crippen molar-refractivity contribution in [3.8, 4) is 0 Å². The first-order valence-corrected chi connectivity index (χ1v) is 9.23. The third-order valence-corrected chi connectivity index (χ3v) is 5.75. The average Bonchev–Trinajstić information content (AvgIpc) is 2.94. The largest absolute Gasteiger partial charge is 0.454 e. The lowest BCUT2D eigenvalue weighted by atomic mass is 9.73. The standard InChI is InChI=1S/C20H30NO3/c1-21(2)14-13-18(15-21)24-19(22)20(23,16-9-5-3-6-10-16)17-11-7-4-8-12-17/h3,5-6,9-10,17-18,23H,4,7-8,11-15H2,1-2H3/q+1/t18-,20?/m0/s1. The molecule has 24 heavy (non-hydrogen) atoms. The van der Waals surface area contributed by atoms with Gasteiger partial charge in [-0.3, -0.25) is 0 Å². The second kappa shape index (κ2) is 6.85. The van der Waals surface area contributed by atoms with Crippen molar-refractivity contribution in [3.05, 3.63) is 35.9 Å². The fourth-order valence-electron chi connectivity index (χ4n) is 4.30. The van der Waals surface area contributed by atoms with E-state index in [0.29, 0.717) is 5.56 Å². The zero-order chi connectivity index (χ0) is 17.2. The predicted octanol–water partition coefficient (Wildman–Crippen LogP) is 2.85.